The number of carbonyl (C=O) groups is 2. The van der Waals surface area contributed by atoms with Gasteiger partial charge in [-0.05, 0) is 54.6 Å². The standard InChI is InChI=1S/C21H17N3O2S2/c1-13-6-7-18(9-14(13)2)24(15(3)25)21-23-17(12-28-21)10-16(11-22)20(26)19-5-4-8-27-19/h4-10,12H,1-3H3/b16-10+. The summed E-state index contributed by atoms with van der Waals surface area (Å²) in [7, 11) is 0. The van der Waals surface area contributed by atoms with Gasteiger partial charge in [-0.15, -0.1) is 22.7 Å². The van der Waals surface area contributed by atoms with Gasteiger partial charge in [0.2, 0.25) is 11.7 Å². The van der Waals surface area contributed by atoms with Crippen LogP contribution in [0.15, 0.2) is 46.7 Å². The second-order valence-electron chi connectivity index (χ2n) is 6.15. The van der Waals surface area contributed by atoms with E-state index in [2.05, 4.69) is 4.98 Å². The molecule has 140 valence electrons. The highest BCUT2D eigenvalue weighted by Crippen LogP contribution is 2.31. The number of hydrogen-bond donors (Lipinski definition) is 0. The number of amides is 1. The molecule has 1 aromatic carbocycles. The van der Waals surface area contributed by atoms with Gasteiger partial charge in [-0.1, -0.05) is 12.1 Å². The number of nitriles is 1. The Hall–Kier alpha value is -3.08. The zero-order chi connectivity index (χ0) is 20.3. The molecule has 0 unspecified atom stereocenters. The highest BCUT2D eigenvalue weighted by Gasteiger charge is 2.19. The number of hydrogen-bond acceptors (Lipinski definition) is 6. The van der Waals surface area contributed by atoms with Crippen LogP contribution in [0.3, 0.4) is 0 Å². The van der Waals surface area contributed by atoms with Crippen LogP contribution in [-0.2, 0) is 4.79 Å². The molecular weight excluding hydrogens is 390 g/mol. The summed E-state index contributed by atoms with van der Waals surface area (Å²) >= 11 is 2.57. The zero-order valence-electron chi connectivity index (χ0n) is 15.6. The van der Waals surface area contributed by atoms with Gasteiger partial charge in [0.15, 0.2) is 5.13 Å². The number of ketones is 1. The SMILES string of the molecule is CC(=O)N(c1ccc(C)c(C)c1)c1nc(/C=C(\C#N)C(=O)c2cccs2)cs1. The van der Waals surface area contributed by atoms with E-state index in [1.54, 1.807) is 22.9 Å². The molecule has 0 aliphatic heterocycles. The maximum absolute atomic E-state index is 12.4. The van der Waals surface area contributed by atoms with E-state index in [0.29, 0.717) is 15.7 Å². The Kier molecular flexibility index (Phi) is 5.83. The van der Waals surface area contributed by atoms with E-state index >= 15 is 0 Å². The Bertz CT molecular complexity index is 1110. The largest absolute Gasteiger partial charge is 0.287 e. The van der Waals surface area contributed by atoms with Crippen LogP contribution < -0.4 is 4.90 Å². The van der Waals surface area contributed by atoms with Gasteiger partial charge in [0.1, 0.15) is 11.6 Å². The van der Waals surface area contributed by atoms with Crippen LogP contribution in [0.25, 0.3) is 6.08 Å². The minimum absolute atomic E-state index is 0.0138. The van der Waals surface area contributed by atoms with Crippen molar-refractivity contribution in [2.75, 3.05) is 4.90 Å². The number of Topliss-reactive ketones (excluding diaryl/α,β-unsaturated/α-hetero) is 1. The minimum atomic E-state index is -0.329. The predicted molar refractivity (Wildman–Crippen MR) is 113 cm³/mol. The van der Waals surface area contributed by atoms with E-state index in [9.17, 15) is 14.9 Å². The van der Waals surface area contributed by atoms with E-state index in [-0.39, 0.29) is 17.3 Å². The first kappa shape index (κ1) is 19.7. The topological polar surface area (TPSA) is 74.1 Å². The van der Waals surface area contributed by atoms with Gasteiger partial charge in [0.25, 0.3) is 0 Å². The number of thiophene rings is 1. The van der Waals surface area contributed by atoms with Gasteiger partial charge in [0.05, 0.1) is 16.3 Å². The fourth-order valence-electron chi connectivity index (χ4n) is 2.57. The second kappa shape index (κ2) is 8.30. The van der Waals surface area contributed by atoms with Gasteiger partial charge >= 0.3 is 0 Å². The van der Waals surface area contributed by atoms with Crippen molar-refractivity contribution in [1.82, 2.24) is 4.98 Å². The van der Waals surface area contributed by atoms with E-state index in [1.165, 1.54) is 40.6 Å². The normalized spacial score (nSPS) is 11.1. The second-order valence-corrected chi connectivity index (χ2v) is 7.94. The Balaban J connectivity index is 1.94. The highest BCUT2D eigenvalue weighted by atomic mass is 32.1. The lowest BCUT2D eigenvalue weighted by Crippen LogP contribution is -2.22. The van der Waals surface area contributed by atoms with Crippen molar-refractivity contribution in [2.45, 2.75) is 20.8 Å². The first-order valence-corrected chi connectivity index (χ1v) is 10.2. The van der Waals surface area contributed by atoms with E-state index in [1.807, 2.05) is 38.1 Å². The number of anilines is 2. The molecule has 3 aromatic rings. The number of carbonyl (C=O) groups excluding carboxylic acids is 2. The van der Waals surface area contributed by atoms with Crippen LogP contribution >= 0.6 is 22.7 Å². The van der Waals surface area contributed by atoms with Crippen molar-refractivity contribution in [2.24, 2.45) is 0 Å². The monoisotopic (exact) mass is 407 g/mol. The molecule has 2 heterocycles. The number of benzene rings is 1. The number of nitrogens with zero attached hydrogens (tertiary/aromatic N) is 3. The predicted octanol–water partition coefficient (Wildman–Crippen LogP) is 5.30. The molecule has 7 heteroatoms. The third-order valence-corrected chi connectivity index (χ3v) is 5.88. The number of aromatic nitrogens is 1. The first-order chi connectivity index (χ1) is 13.4. The zero-order valence-corrected chi connectivity index (χ0v) is 17.2. The van der Waals surface area contributed by atoms with Crippen LogP contribution in [0.1, 0.15) is 33.4 Å². The lowest BCUT2D eigenvalue weighted by molar-refractivity contribution is -0.115. The molecule has 0 spiro atoms. The highest BCUT2D eigenvalue weighted by molar-refractivity contribution is 7.14. The number of allylic oxidation sites excluding steroid dienone is 1. The Morgan fingerprint density at radius 1 is 1.18 bits per heavy atom. The van der Waals surface area contributed by atoms with Crippen molar-refractivity contribution >= 4 is 51.3 Å². The summed E-state index contributed by atoms with van der Waals surface area (Å²) in [6, 6.07) is 11.2. The third-order valence-electron chi connectivity index (χ3n) is 4.17. The molecule has 3 rings (SSSR count). The van der Waals surface area contributed by atoms with Gasteiger partial charge in [-0.2, -0.15) is 5.26 Å². The molecule has 1 amide bonds. The first-order valence-electron chi connectivity index (χ1n) is 8.44. The lowest BCUT2D eigenvalue weighted by atomic mass is 10.1. The molecule has 5 nitrogen and oxygen atoms in total. The van der Waals surface area contributed by atoms with Gasteiger partial charge < -0.3 is 0 Å². The maximum Gasteiger partial charge on any atom is 0.230 e. The molecule has 28 heavy (non-hydrogen) atoms. The molecule has 0 bridgehead atoms. The molecule has 0 aliphatic rings. The average molecular weight is 408 g/mol. The summed E-state index contributed by atoms with van der Waals surface area (Å²) < 4.78 is 0. The molecular formula is C21H17N3O2S2. The van der Waals surface area contributed by atoms with Crippen molar-refractivity contribution in [3.8, 4) is 6.07 Å². The molecule has 0 atom stereocenters. The average Bonchev–Trinajstić information content (AvgIpc) is 3.34. The fourth-order valence-corrected chi connectivity index (χ4v) is 4.10. The van der Waals surface area contributed by atoms with Crippen LogP contribution in [-0.4, -0.2) is 16.7 Å². The summed E-state index contributed by atoms with van der Waals surface area (Å²) in [5.41, 5.74) is 3.43. The summed E-state index contributed by atoms with van der Waals surface area (Å²) in [4.78, 5) is 31.2. The summed E-state index contributed by atoms with van der Waals surface area (Å²) in [6.07, 6.45) is 1.46. The fraction of sp³-hybridized carbons (Fsp3) is 0.143. The van der Waals surface area contributed by atoms with E-state index in [4.69, 9.17) is 0 Å². The van der Waals surface area contributed by atoms with E-state index < -0.39 is 0 Å². The molecule has 0 saturated carbocycles. The minimum Gasteiger partial charge on any atom is -0.287 e. The lowest BCUT2D eigenvalue weighted by Gasteiger charge is -2.19. The molecule has 0 radical (unpaired) electrons. The van der Waals surface area contributed by atoms with Crippen LogP contribution in [0.5, 0.6) is 0 Å². The number of thiazole rings is 1. The molecule has 0 saturated heterocycles. The Labute approximate surface area is 171 Å². The maximum atomic E-state index is 12.4. The molecule has 2 aromatic heterocycles. The van der Waals surface area contributed by atoms with Gasteiger partial charge in [-0.3, -0.25) is 14.5 Å². The number of aryl methyl sites for hydroxylation is 2. The van der Waals surface area contributed by atoms with E-state index in [0.717, 1.165) is 16.8 Å². The van der Waals surface area contributed by atoms with Crippen molar-refractivity contribution in [3.05, 3.63) is 68.4 Å². The quantitative estimate of drug-likeness (QED) is 0.327. The van der Waals surface area contributed by atoms with Crippen LogP contribution in [0.4, 0.5) is 10.8 Å². The number of rotatable bonds is 5. The van der Waals surface area contributed by atoms with Crippen molar-refractivity contribution < 1.29 is 9.59 Å². The van der Waals surface area contributed by atoms with Crippen molar-refractivity contribution in [3.63, 3.8) is 0 Å². The Morgan fingerprint density at radius 2 is 1.96 bits per heavy atom. The summed E-state index contributed by atoms with van der Waals surface area (Å²) in [5, 5.41) is 13.4. The molecule has 0 N–H and O–H groups in total. The Morgan fingerprint density at radius 3 is 2.57 bits per heavy atom. The van der Waals surface area contributed by atoms with Crippen molar-refractivity contribution in [1.29, 1.82) is 5.26 Å². The van der Waals surface area contributed by atoms with Crippen LogP contribution in [0, 0.1) is 25.2 Å². The third kappa shape index (κ3) is 4.09. The molecule has 0 fully saturated rings. The van der Waals surface area contributed by atoms with Crippen LogP contribution in [0.2, 0.25) is 0 Å². The summed E-state index contributed by atoms with van der Waals surface area (Å²) in [6.45, 7) is 5.48. The summed E-state index contributed by atoms with van der Waals surface area (Å²) in [5.74, 6) is -0.493. The smallest absolute Gasteiger partial charge is 0.230 e. The van der Waals surface area contributed by atoms with Gasteiger partial charge in [-0.25, -0.2) is 4.98 Å². The van der Waals surface area contributed by atoms with Gasteiger partial charge in [0, 0.05) is 12.3 Å². The molecule has 0 aliphatic carbocycles.